The third-order valence-corrected chi connectivity index (χ3v) is 1.88. The van der Waals surface area contributed by atoms with Gasteiger partial charge in [0.1, 0.15) is 23.9 Å². The third kappa shape index (κ3) is 2.87. The first kappa shape index (κ1) is 11.9. The molecule has 17 heavy (non-hydrogen) atoms. The maximum absolute atomic E-state index is 8.83. The fourth-order valence-corrected chi connectivity index (χ4v) is 1.11. The second kappa shape index (κ2) is 5.62. The average Bonchev–Trinajstić information content (AvgIpc) is 2.39. The first-order valence-electron chi connectivity index (χ1n) is 4.53. The molecule has 0 spiro atoms. The molecular weight excluding hydrogens is 212 g/mol. The van der Waals surface area contributed by atoms with E-state index in [9.17, 15) is 0 Å². The van der Waals surface area contributed by atoms with Gasteiger partial charge in [-0.1, -0.05) is 12.0 Å². The van der Waals surface area contributed by atoms with Gasteiger partial charge in [-0.3, -0.25) is 0 Å². The van der Waals surface area contributed by atoms with E-state index in [0.717, 1.165) is 0 Å². The minimum absolute atomic E-state index is 0.0934. The van der Waals surface area contributed by atoms with Crippen LogP contribution in [0.1, 0.15) is 5.56 Å². The van der Waals surface area contributed by atoms with Crippen molar-refractivity contribution in [2.75, 3.05) is 5.32 Å². The molecule has 1 rings (SSSR count). The molecule has 0 fully saturated rings. The summed E-state index contributed by atoms with van der Waals surface area (Å²) < 4.78 is 0. The normalized spacial score (nSPS) is 7.76. The van der Waals surface area contributed by atoms with E-state index in [0.29, 0.717) is 11.3 Å². The molecule has 1 aromatic rings. The van der Waals surface area contributed by atoms with Crippen LogP contribution in [0.25, 0.3) is 0 Å². The largest absolute Gasteiger partial charge is 0.345 e. The van der Waals surface area contributed by atoms with Crippen LogP contribution in [0.15, 0.2) is 35.5 Å². The lowest BCUT2D eigenvalue weighted by molar-refractivity contribution is 1.37. The molecule has 0 atom stereocenters. The van der Waals surface area contributed by atoms with Gasteiger partial charge in [0, 0.05) is 11.3 Å². The molecule has 0 radical (unpaired) electrons. The standard InChI is InChI=1S/C13H6N4/c1-2-10-4-3-5-12(6-10)17-13(9-16)11(7-14)8-15/h1,3-6,17H. The Hall–Kier alpha value is -3.21. The molecule has 4 nitrogen and oxygen atoms in total. The predicted molar refractivity (Wildman–Crippen MR) is 61.9 cm³/mol. The highest BCUT2D eigenvalue weighted by molar-refractivity contribution is 5.60. The second-order valence-electron chi connectivity index (χ2n) is 2.94. The molecule has 0 saturated heterocycles. The van der Waals surface area contributed by atoms with E-state index >= 15 is 0 Å². The SMILES string of the molecule is C#Cc1cccc(NC(C#N)=C(C#N)C#N)c1. The number of nitrogens with zero attached hydrogens (tertiary/aromatic N) is 3. The summed E-state index contributed by atoms with van der Waals surface area (Å²) in [6.07, 6.45) is 5.23. The summed E-state index contributed by atoms with van der Waals surface area (Å²) >= 11 is 0. The van der Waals surface area contributed by atoms with Gasteiger partial charge in [-0.05, 0) is 18.2 Å². The smallest absolute Gasteiger partial charge is 0.163 e. The summed E-state index contributed by atoms with van der Waals surface area (Å²) in [7, 11) is 0. The van der Waals surface area contributed by atoms with Crippen LogP contribution >= 0.6 is 0 Å². The zero-order valence-electron chi connectivity index (χ0n) is 8.73. The highest BCUT2D eigenvalue weighted by Crippen LogP contribution is 2.13. The fourth-order valence-electron chi connectivity index (χ4n) is 1.11. The molecule has 0 heterocycles. The number of anilines is 1. The van der Waals surface area contributed by atoms with Crippen molar-refractivity contribution in [2.24, 2.45) is 0 Å². The van der Waals surface area contributed by atoms with E-state index < -0.39 is 0 Å². The lowest BCUT2D eigenvalue weighted by Crippen LogP contribution is -2.00. The van der Waals surface area contributed by atoms with Gasteiger partial charge in [-0.25, -0.2) is 0 Å². The number of hydrogen-bond donors (Lipinski definition) is 1. The van der Waals surface area contributed by atoms with E-state index in [4.69, 9.17) is 22.2 Å². The van der Waals surface area contributed by atoms with Gasteiger partial charge < -0.3 is 5.32 Å². The molecule has 4 heteroatoms. The van der Waals surface area contributed by atoms with E-state index in [1.54, 1.807) is 42.5 Å². The highest BCUT2D eigenvalue weighted by Gasteiger charge is 2.05. The number of benzene rings is 1. The van der Waals surface area contributed by atoms with Crippen molar-refractivity contribution in [3.05, 3.63) is 41.1 Å². The van der Waals surface area contributed by atoms with E-state index in [-0.39, 0.29) is 11.3 Å². The van der Waals surface area contributed by atoms with Crippen molar-refractivity contribution in [3.63, 3.8) is 0 Å². The van der Waals surface area contributed by atoms with Gasteiger partial charge in [0.2, 0.25) is 0 Å². The lowest BCUT2D eigenvalue weighted by atomic mass is 10.2. The summed E-state index contributed by atoms with van der Waals surface area (Å²) in [6.45, 7) is 0. The molecule has 0 unspecified atom stereocenters. The predicted octanol–water partition coefficient (Wildman–Crippen LogP) is 1.90. The van der Waals surface area contributed by atoms with Crippen LogP contribution in [0.4, 0.5) is 5.69 Å². The quantitative estimate of drug-likeness (QED) is 0.607. The summed E-state index contributed by atoms with van der Waals surface area (Å²) in [4.78, 5) is 0. The molecule has 0 aromatic heterocycles. The van der Waals surface area contributed by atoms with E-state index in [1.807, 2.05) is 0 Å². The average molecular weight is 218 g/mol. The molecule has 78 valence electrons. The van der Waals surface area contributed by atoms with Crippen LogP contribution in [0, 0.1) is 46.3 Å². The Balaban J connectivity index is 3.12. The Kier molecular flexibility index (Phi) is 3.92. The lowest BCUT2D eigenvalue weighted by Gasteiger charge is -2.04. The third-order valence-electron chi connectivity index (χ3n) is 1.88. The molecule has 0 aliphatic rings. The van der Waals surface area contributed by atoms with Gasteiger partial charge >= 0.3 is 0 Å². The molecule has 0 aliphatic heterocycles. The summed E-state index contributed by atoms with van der Waals surface area (Å²) in [5.41, 5.74) is 0.838. The highest BCUT2D eigenvalue weighted by atomic mass is 14.9. The number of nitriles is 3. The van der Waals surface area contributed by atoms with Gasteiger partial charge in [-0.15, -0.1) is 6.42 Å². The Morgan fingerprint density at radius 1 is 1.12 bits per heavy atom. The zero-order chi connectivity index (χ0) is 12.7. The minimum atomic E-state index is -0.265. The molecule has 0 amide bonds. The van der Waals surface area contributed by atoms with Crippen LogP contribution in [0.2, 0.25) is 0 Å². The summed E-state index contributed by atoms with van der Waals surface area (Å²) in [6, 6.07) is 11.8. The molecule has 1 N–H and O–H groups in total. The molecular formula is C13H6N4. The maximum atomic E-state index is 8.83. The van der Waals surface area contributed by atoms with Crippen molar-refractivity contribution in [1.82, 2.24) is 0 Å². The van der Waals surface area contributed by atoms with Crippen molar-refractivity contribution in [3.8, 4) is 30.6 Å². The van der Waals surface area contributed by atoms with Crippen molar-refractivity contribution < 1.29 is 0 Å². The molecule has 0 aliphatic carbocycles. The van der Waals surface area contributed by atoms with Crippen LogP contribution in [-0.4, -0.2) is 0 Å². The molecule has 0 saturated carbocycles. The Bertz CT molecular complexity index is 611. The maximum Gasteiger partial charge on any atom is 0.163 e. The van der Waals surface area contributed by atoms with Crippen molar-refractivity contribution in [2.45, 2.75) is 0 Å². The second-order valence-corrected chi connectivity index (χ2v) is 2.94. The number of rotatable bonds is 2. The van der Waals surface area contributed by atoms with E-state index in [1.165, 1.54) is 0 Å². The molecule has 0 bridgehead atoms. The number of hydrogen-bond acceptors (Lipinski definition) is 4. The first-order valence-corrected chi connectivity index (χ1v) is 4.53. The Morgan fingerprint density at radius 3 is 2.35 bits per heavy atom. The van der Waals surface area contributed by atoms with Gasteiger partial charge in [-0.2, -0.15) is 15.8 Å². The number of terminal acetylenes is 1. The fraction of sp³-hybridized carbons (Fsp3) is 0. The zero-order valence-corrected chi connectivity index (χ0v) is 8.73. The van der Waals surface area contributed by atoms with Gasteiger partial charge in [0.15, 0.2) is 5.57 Å². The van der Waals surface area contributed by atoms with Crippen molar-refractivity contribution in [1.29, 1.82) is 15.8 Å². The summed E-state index contributed by atoms with van der Waals surface area (Å²) in [5.74, 6) is 2.45. The number of nitrogens with one attached hydrogen (secondary N) is 1. The Morgan fingerprint density at radius 2 is 1.82 bits per heavy atom. The van der Waals surface area contributed by atoms with Crippen LogP contribution in [0.3, 0.4) is 0 Å². The van der Waals surface area contributed by atoms with Gasteiger partial charge in [0.25, 0.3) is 0 Å². The number of allylic oxidation sites excluding steroid dienone is 2. The van der Waals surface area contributed by atoms with Crippen molar-refractivity contribution >= 4 is 5.69 Å². The minimum Gasteiger partial charge on any atom is -0.345 e. The van der Waals surface area contributed by atoms with Crippen LogP contribution in [-0.2, 0) is 0 Å². The monoisotopic (exact) mass is 218 g/mol. The van der Waals surface area contributed by atoms with Crippen LogP contribution in [0.5, 0.6) is 0 Å². The van der Waals surface area contributed by atoms with E-state index in [2.05, 4.69) is 11.2 Å². The molecule has 1 aromatic carbocycles. The van der Waals surface area contributed by atoms with Crippen LogP contribution < -0.4 is 5.32 Å². The van der Waals surface area contributed by atoms with Gasteiger partial charge in [0.05, 0.1) is 0 Å². The topological polar surface area (TPSA) is 83.4 Å². The Labute approximate surface area is 99.0 Å². The summed E-state index contributed by atoms with van der Waals surface area (Å²) in [5, 5.41) is 28.8. The first-order chi connectivity index (χ1) is 8.24.